The van der Waals surface area contributed by atoms with E-state index in [9.17, 15) is 22.4 Å². The molecule has 0 aliphatic rings. The molecule has 1 N–H and O–H groups in total. The Morgan fingerprint density at radius 2 is 1.70 bits per heavy atom. The van der Waals surface area contributed by atoms with Crippen LogP contribution in [0.4, 0.5) is 10.1 Å². The van der Waals surface area contributed by atoms with E-state index in [-0.39, 0.29) is 24.2 Å². The van der Waals surface area contributed by atoms with Gasteiger partial charge in [0.2, 0.25) is 21.8 Å². The number of amides is 2. The summed E-state index contributed by atoms with van der Waals surface area (Å²) in [6.45, 7) is 4.81. The summed E-state index contributed by atoms with van der Waals surface area (Å²) in [5, 5.41) is 2.85. The van der Waals surface area contributed by atoms with E-state index >= 15 is 0 Å². The van der Waals surface area contributed by atoms with Crippen LogP contribution < -0.4 is 9.62 Å². The Morgan fingerprint density at radius 3 is 2.24 bits per heavy atom. The van der Waals surface area contributed by atoms with Gasteiger partial charge in [-0.1, -0.05) is 47.1 Å². The lowest BCUT2D eigenvalue weighted by Crippen LogP contribution is -2.52. The van der Waals surface area contributed by atoms with Crippen molar-refractivity contribution in [2.24, 2.45) is 0 Å². The molecule has 0 fully saturated rings. The van der Waals surface area contributed by atoms with Gasteiger partial charge in [0.25, 0.3) is 0 Å². The zero-order valence-corrected chi connectivity index (χ0v) is 21.5. The van der Waals surface area contributed by atoms with E-state index in [2.05, 4.69) is 21.2 Å². The van der Waals surface area contributed by atoms with Crippen molar-refractivity contribution >= 4 is 43.5 Å². The molecule has 0 aliphatic heterocycles. The minimum atomic E-state index is -3.98. The SMILES string of the molecule is CC[C@@H](C)NC(=O)[C@@H](C)N(Cc1ccc(Br)cc1)C(=O)CN(c1ccccc1F)S(C)(=O)=O. The molecule has 0 saturated heterocycles. The summed E-state index contributed by atoms with van der Waals surface area (Å²) < 4.78 is 40.8. The van der Waals surface area contributed by atoms with Crippen molar-refractivity contribution in [1.82, 2.24) is 10.2 Å². The Hall–Kier alpha value is -2.46. The predicted molar refractivity (Wildman–Crippen MR) is 131 cm³/mol. The molecule has 7 nitrogen and oxygen atoms in total. The second-order valence-corrected chi connectivity index (χ2v) is 10.7. The summed E-state index contributed by atoms with van der Waals surface area (Å²) in [5.41, 5.74) is 0.528. The first-order valence-electron chi connectivity index (χ1n) is 10.5. The van der Waals surface area contributed by atoms with Crippen molar-refractivity contribution in [3.8, 4) is 0 Å². The summed E-state index contributed by atoms with van der Waals surface area (Å²) >= 11 is 3.36. The molecule has 2 aromatic carbocycles. The van der Waals surface area contributed by atoms with E-state index in [1.807, 2.05) is 26.0 Å². The molecule has 2 rings (SSSR count). The number of rotatable bonds is 10. The Kier molecular flexibility index (Phi) is 9.42. The fraction of sp³-hybridized carbons (Fsp3) is 0.391. The van der Waals surface area contributed by atoms with Crippen molar-refractivity contribution in [3.05, 3.63) is 64.4 Å². The van der Waals surface area contributed by atoms with Crippen LogP contribution in [-0.4, -0.2) is 50.0 Å². The molecule has 0 unspecified atom stereocenters. The Labute approximate surface area is 203 Å². The number of sulfonamides is 1. The van der Waals surface area contributed by atoms with E-state index < -0.39 is 34.3 Å². The molecule has 0 aliphatic carbocycles. The number of carbonyl (C=O) groups is 2. The fourth-order valence-corrected chi connectivity index (χ4v) is 4.20. The van der Waals surface area contributed by atoms with Crippen LogP contribution in [0.2, 0.25) is 0 Å². The summed E-state index contributed by atoms with van der Waals surface area (Å²) in [5.74, 6) is -1.75. The molecule has 0 saturated carbocycles. The number of nitrogens with zero attached hydrogens (tertiary/aromatic N) is 2. The number of halogens is 2. The highest BCUT2D eigenvalue weighted by atomic mass is 79.9. The second kappa shape index (κ2) is 11.6. The summed E-state index contributed by atoms with van der Waals surface area (Å²) in [6, 6.07) is 11.6. The van der Waals surface area contributed by atoms with Gasteiger partial charge in [-0.05, 0) is 50.1 Å². The van der Waals surface area contributed by atoms with Crippen molar-refractivity contribution in [2.45, 2.75) is 45.8 Å². The number of carbonyl (C=O) groups excluding carboxylic acids is 2. The minimum Gasteiger partial charge on any atom is -0.352 e. The standard InChI is InChI=1S/C23H29BrFN3O4S/c1-5-16(2)26-23(30)17(3)27(14-18-10-12-19(24)13-11-18)22(29)15-28(33(4,31)32)21-9-7-6-8-20(21)25/h6-13,16-17H,5,14-15H2,1-4H3,(H,26,30)/t16-,17-/m1/s1. The molecule has 2 atom stereocenters. The van der Waals surface area contributed by atoms with Crippen molar-refractivity contribution in [3.63, 3.8) is 0 Å². The van der Waals surface area contributed by atoms with E-state index in [1.54, 1.807) is 19.1 Å². The van der Waals surface area contributed by atoms with Gasteiger partial charge in [0.05, 0.1) is 11.9 Å². The third-order valence-corrected chi connectivity index (χ3v) is 6.89. The van der Waals surface area contributed by atoms with Gasteiger partial charge in [0.1, 0.15) is 18.4 Å². The zero-order valence-electron chi connectivity index (χ0n) is 19.1. The molecule has 2 amide bonds. The first-order chi connectivity index (χ1) is 15.4. The van der Waals surface area contributed by atoms with Gasteiger partial charge < -0.3 is 10.2 Å². The Morgan fingerprint density at radius 1 is 1.09 bits per heavy atom. The number of benzene rings is 2. The monoisotopic (exact) mass is 541 g/mol. The van der Waals surface area contributed by atoms with Gasteiger partial charge in [-0.3, -0.25) is 13.9 Å². The van der Waals surface area contributed by atoms with Crippen LogP contribution in [0.25, 0.3) is 0 Å². The maximum atomic E-state index is 14.4. The van der Waals surface area contributed by atoms with Crippen LogP contribution in [0.15, 0.2) is 53.0 Å². The summed E-state index contributed by atoms with van der Waals surface area (Å²) in [7, 11) is -3.98. The molecular weight excluding hydrogens is 513 g/mol. The molecular formula is C23H29BrFN3O4S. The third kappa shape index (κ3) is 7.53. The quantitative estimate of drug-likeness (QED) is 0.497. The van der Waals surface area contributed by atoms with Gasteiger partial charge >= 0.3 is 0 Å². The predicted octanol–water partition coefficient (Wildman–Crippen LogP) is 3.69. The normalized spacial score (nSPS) is 13.2. The maximum Gasteiger partial charge on any atom is 0.244 e. The van der Waals surface area contributed by atoms with Crippen molar-refractivity contribution in [1.29, 1.82) is 0 Å². The first-order valence-corrected chi connectivity index (χ1v) is 13.1. The lowest BCUT2D eigenvalue weighted by Gasteiger charge is -2.32. The average Bonchev–Trinajstić information content (AvgIpc) is 2.76. The summed E-state index contributed by atoms with van der Waals surface area (Å²) in [4.78, 5) is 27.5. The second-order valence-electron chi connectivity index (χ2n) is 7.86. The lowest BCUT2D eigenvalue weighted by atomic mass is 10.1. The largest absolute Gasteiger partial charge is 0.352 e. The molecule has 180 valence electrons. The molecule has 0 radical (unpaired) electrons. The Balaban J connectivity index is 2.39. The third-order valence-electron chi connectivity index (χ3n) is 5.23. The average molecular weight is 542 g/mol. The van der Waals surface area contributed by atoms with Gasteiger partial charge in [0, 0.05) is 17.1 Å². The van der Waals surface area contributed by atoms with Crippen molar-refractivity contribution in [2.75, 3.05) is 17.1 Å². The number of anilines is 1. The van der Waals surface area contributed by atoms with Crippen molar-refractivity contribution < 1.29 is 22.4 Å². The van der Waals surface area contributed by atoms with E-state index in [4.69, 9.17) is 0 Å². The van der Waals surface area contributed by atoms with Gasteiger partial charge in [-0.2, -0.15) is 0 Å². The first kappa shape index (κ1) is 26.8. The molecule has 10 heteroatoms. The Bertz CT molecular complexity index is 1080. The van der Waals surface area contributed by atoms with E-state index in [0.29, 0.717) is 6.42 Å². The molecule has 0 heterocycles. The zero-order chi connectivity index (χ0) is 24.8. The topological polar surface area (TPSA) is 86.8 Å². The lowest BCUT2D eigenvalue weighted by molar-refractivity contribution is -0.139. The van der Waals surface area contributed by atoms with Crippen LogP contribution in [0.3, 0.4) is 0 Å². The summed E-state index contributed by atoms with van der Waals surface area (Å²) in [6.07, 6.45) is 1.62. The number of hydrogen-bond acceptors (Lipinski definition) is 4. The number of para-hydroxylation sites is 1. The maximum absolute atomic E-state index is 14.4. The molecule has 0 bridgehead atoms. The van der Waals surface area contributed by atoms with Crippen LogP contribution in [0, 0.1) is 5.82 Å². The number of nitrogens with one attached hydrogen (secondary N) is 1. The van der Waals surface area contributed by atoms with E-state index in [0.717, 1.165) is 26.7 Å². The highest BCUT2D eigenvalue weighted by Crippen LogP contribution is 2.22. The van der Waals surface area contributed by atoms with Gasteiger partial charge in [-0.25, -0.2) is 12.8 Å². The van der Waals surface area contributed by atoms with Crippen LogP contribution in [0.1, 0.15) is 32.8 Å². The van der Waals surface area contributed by atoms with Crippen LogP contribution >= 0.6 is 15.9 Å². The van der Waals surface area contributed by atoms with E-state index in [1.165, 1.54) is 23.1 Å². The molecule has 0 spiro atoms. The number of hydrogen-bond donors (Lipinski definition) is 1. The fourth-order valence-electron chi connectivity index (χ4n) is 3.08. The van der Waals surface area contributed by atoms with Crippen LogP contribution in [0.5, 0.6) is 0 Å². The highest BCUT2D eigenvalue weighted by Gasteiger charge is 2.31. The molecule has 0 aromatic heterocycles. The van der Waals surface area contributed by atoms with Crippen LogP contribution in [-0.2, 0) is 26.2 Å². The van der Waals surface area contributed by atoms with Gasteiger partial charge in [0.15, 0.2) is 0 Å². The molecule has 33 heavy (non-hydrogen) atoms. The highest BCUT2D eigenvalue weighted by molar-refractivity contribution is 9.10. The van der Waals surface area contributed by atoms with Gasteiger partial charge in [-0.15, -0.1) is 0 Å². The minimum absolute atomic E-state index is 0.0794. The smallest absolute Gasteiger partial charge is 0.244 e. The molecule has 2 aromatic rings.